The van der Waals surface area contributed by atoms with Crippen molar-refractivity contribution in [1.29, 1.82) is 0 Å². The van der Waals surface area contributed by atoms with Gasteiger partial charge in [-0.05, 0) is 70.9 Å². The topological polar surface area (TPSA) is 35.5 Å². The van der Waals surface area contributed by atoms with Crippen molar-refractivity contribution < 1.29 is 14.3 Å². The zero-order valence-electron chi connectivity index (χ0n) is 15.1. The van der Waals surface area contributed by atoms with Crippen LogP contribution < -0.4 is 9.47 Å². The van der Waals surface area contributed by atoms with Gasteiger partial charge in [-0.2, -0.15) is 0 Å². The number of hydrogen-bond acceptors (Lipinski definition) is 4. The number of thiophene rings is 1. The fourth-order valence-corrected chi connectivity index (χ4v) is 3.74. The fraction of sp³-hybridized carbons (Fsp3) is 0.136. The minimum atomic E-state index is 0.00920. The number of hydrogen-bond donors (Lipinski definition) is 0. The molecule has 138 valence electrons. The number of carbonyl (C=O) groups excluding carboxylic acids is 1. The maximum absolute atomic E-state index is 12.3. The summed E-state index contributed by atoms with van der Waals surface area (Å²) in [6.07, 6.45) is 3.42. The molecule has 3 rings (SSSR count). The Kier molecular flexibility index (Phi) is 6.48. The van der Waals surface area contributed by atoms with E-state index >= 15 is 0 Å². The van der Waals surface area contributed by atoms with Gasteiger partial charge in [0.25, 0.3) is 0 Å². The van der Waals surface area contributed by atoms with Gasteiger partial charge >= 0.3 is 0 Å². The van der Waals surface area contributed by atoms with Crippen molar-refractivity contribution in [3.05, 3.63) is 86.0 Å². The summed E-state index contributed by atoms with van der Waals surface area (Å²) in [6, 6.07) is 17.3. The highest BCUT2D eigenvalue weighted by molar-refractivity contribution is 9.10. The number of ketones is 1. The van der Waals surface area contributed by atoms with Crippen molar-refractivity contribution >= 4 is 39.1 Å². The van der Waals surface area contributed by atoms with Gasteiger partial charge in [-0.3, -0.25) is 4.79 Å². The van der Waals surface area contributed by atoms with Gasteiger partial charge in [-0.15, -0.1) is 11.3 Å². The lowest BCUT2D eigenvalue weighted by molar-refractivity contribution is 0.105. The first kappa shape index (κ1) is 19.4. The van der Waals surface area contributed by atoms with Crippen LogP contribution in [0.1, 0.15) is 25.7 Å². The second-order valence-electron chi connectivity index (χ2n) is 5.90. The zero-order chi connectivity index (χ0) is 19.2. The average molecular weight is 443 g/mol. The molecule has 5 heteroatoms. The lowest BCUT2D eigenvalue weighted by Crippen LogP contribution is -2.00. The van der Waals surface area contributed by atoms with Crippen molar-refractivity contribution in [3.8, 4) is 11.5 Å². The number of carbonyl (C=O) groups is 1. The van der Waals surface area contributed by atoms with E-state index in [9.17, 15) is 4.79 Å². The molecule has 1 aromatic heterocycles. The monoisotopic (exact) mass is 442 g/mol. The Morgan fingerprint density at radius 1 is 1.11 bits per heavy atom. The minimum absolute atomic E-state index is 0.00920. The molecule has 0 spiro atoms. The molecule has 0 fully saturated rings. The number of aryl methyl sites for hydroxylation is 1. The van der Waals surface area contributed by atoms with E-state index in [2.05, 4.69) is 15.9 Å². The van der Waals surface area contributed by atoms with E-state index in [4.69, 9.17) is 9.47 Å². The van der Waals surface area contributed by atoms with Crippen LogP contribution in [0.15, 0.2) is 65.1 Å². The van der Waals surface area contributed by atoms with Gasteiger partial charge in [0.1, 0.15) is 18.1 Å². The van der Waals surface area contributed by atoms with Crippen LogP contribution in [0.3, 0.4) is 0 Å². The second kappa shape index (κ2) is 9.02. The number of halogens is 1. The molecule has 0 aliphatic rings. The molecule has 0 aliphatic heterocycles. The molecule has 0 bridgehead atoms. The van der Waals surface area contributed by atoms with Gasteiger partial charge in [0.15, 0.2) is 5.78 Å². The first-order chi connectivity index (χ1) is 13.1. The standard InChI is InChI=1S/C22H19BrO3S/c1-15-7-12-22(27-15)19(24)10-8-16-9-11-20(25-2)17(13-16)14-26-21-6-4-3-5-18(21)23/h3-13H,14H2,1-2H3/b10-8+. The maximum Gasteiger partial charge on any atom is 0.195 e. The Balaban J connectivity index is 1.75. The summed E-state index contributed by atoms with van der Waals surface area (Å²) < 4.78 is 12.2. The summed E-state index contributed by atoms with van der Waals surface area (Å²) in [6.45, 7) is 2.36. The molecule has 0 amide bonds. The largest absolute Gasteiger partial charge is 0.496 e. The molecule has 2 aromatic carbocycles. The van der Waals surface area contributed by atoms with Crippen LogP contribution in [0.2, 0.25) is 0 Å². The van der Waals surface area contributed by atoms with E-state index < -0.39 is 0 Å². The van der Waals surface area contributed by atoms with E-state index in [1.165, 1.54) is 11.3 Å². The first-order valence-electron chi connectivity index (χ1n) is 8.40. The van der Waals surface area contributed by atoms with Crippen LogP contribution in [0, 0.1) is 6.92 Å². The van der Waals surface area contributed by atoms with E-state index in [0.717, 1.165) is 36.9 Å². The number of para-hydroxylation sites is 1. The van der Waals surface area contributed by atoms with Gasteiger partial charge in [0.05, 0.1) is 16.5 Å². The first-order valence-corrected chi connectivity index (χ1v) is 10.0. The van der Waals surface area contributed by atoms with Gasteiger partial charge in [0, 0.05) is 10.4 Å². The highest BCUT2D eigenvalue weighted by Crippen LogP contribution is 2.27. The van der Waals surface area contributed by atoms with E-state index in [1.54, 1.807) is 13.2 Å². The lowest BCUT2D eigenvalue weighted by atomic mass is 10.1. The van der Waals surface area contributed by atoms with Crippen LogP contribution in [0.5, 0.6) is 11.5 Å². The summed E-state index contributed by atoms with van der Waals surface area (Å²) in [7, 11) is 1.63. The molecule has 0 N–H and O–H groups in total. The van der Waals surface area contributed by atoms with Gasteiger partial charge in [-0.1, -0.05) is 24.3 Å². The average Bonchev–Trinajstić information content (AvgIpc) is 3.12. The van der Waals surface area contributed by atoms with Crippen LogP contribution in [0.25, 0.3) is 6.08 Å². The van der Waals surface area contributed by atoms with Crippen LogP contribution in [-0.4, -0.2) is 12.9 Å². The third kappa shape index (κ3) is 5.08. The van der Waals surface area contributed by atoms with Gasteiger partial charge in [0.2, 0.25) is 0 Å². The Morgan fingerprint density at radius 2 is 1.93 bits per heavy atom. The molecule has 0 aliphatic carbocycles. The third-order valence-electron chi connectivity index (χ3n) is 3.93. The molecule has 0 saturated carbocycles. The molecule has 0 radical (unpaired) electrons. The number of rotatable bonds is 7. The van der Waals surface area contributed by atoms with Crippen LogP contribution >= 0.6 is 27.3 Å². The van der Waals surface area contributed by atoms with E-state index in [1.807, 2.05) is 67.6 Å². The normalized spacial score (nSPS) is 10.9. The van der Waals surface area contributed by atoms with Crippen molar-refractivity contribution in [3.63, 3.8) is 0 Å². The molecule has 3 aromatic rings. The third-order valence-corrected chi connectivity index (χ3v) is 5.61. The SMILES string of the molecule is COc1ccc(/C=C/C(=O)c2ccc(C)s2)cc1COc1ccccc1Br. The highest BCUT2D eigenvalue weighted by Gasteiger charge is 2.08. The zero-order valence-corrected chi connectivity index (χ0v) is 17.5. The van der Waals surface area contributed by atoms with Crippen molar-refractivity contribution in [1.82, 2.24) is 0 Å². The summed E-state index contributed by atoms with van der Waals surface area (Å²) in [5, 5.41) is 0. The summed E-state index contributed by atoms with van der Waals surface area (Å²) in [5.41, 5.74) is 1.83. The number of ether oxygens (including phenoxy) is 2. The lowest BCUT2D eigenvalue weighted by Gasteiger charge is -2.12. The van der Waals surface area contributed by atoms with Crippen LogP contribution in [-0.2, 0) is 6.61 Å². The molecule has 0 atom stereocenters. The quantitative estimate of drug-likeness (QED) is 0.318. The van der Waals surface area contributed by atoms with E-state index in [-0.39, 0.29) is 5.78 Å². The Bertz CT molecular complexity index is 975. The Morgan fingerprint density at radius 3 is 2.63 bits per heavy atom. The summed E-state index contributed by atoms with van der Waals surface area (Å²) in [5.74, 6) is 1.53. The van der Waals surface area contributed by atoms with Crippen molar-refractivity contribution in [2.24, 2.45) is 0 Å². The smallest absolute Gasteiger partial charge is 0.195 e. The molecular formula is C22H19BrO3S. The van der Waals surface area contributed by atoms with Gasteiger partial charge in [-0.25, -0.2) is 0 Å². The molecule has 0 saturated heterocycles. The number of allylic oxidation sites excluding steroid dienone is 1. The van der Waals surface area contributed by atoms with Crippen LogP contribution in [0.4, 0.5) is 0 Å². The van der Waals surface area contributed by atoms with Crippen molar-refractivity contribution in [2.75, 3.05) is 7.11 Å². The predicted molar refractivity (Wildman–Crippen MR) is 114 cm³/mol. The Labute approximate surface area is 171 Å². The number of methoxy groups -OCH3 is 1. The Hall–Kier alpha value is -2.37. The molecule has 27 heavy (non-hydrogen) atoms. The van der Waals surface area contributed by atoms with Gasteiger partial charge < -0.3 is 9.47 Å². The fourth-order valence-electron chi connectivity index (χ4n) is 2.55. The molecular weight excluding hydrogens is 424 g/mol. The molecule has 3 nitrogen and oxygen atoms in total. The molecule has 1 heterocycles. The summed E-state index contributed by atoms with van der Waals surface area (Å²) >= 11 is 4.98. The second-order valence-corrected chi connectivity index (χ2v) is 8.04. The summed E-state index contributed by atoms with van der Waals surface area (Å²) in [4.78, 5) is 14.1. The van der Waals surface area contributed by atoms with E-state index in [0.29, 0.717) is 6.61 Å². The number of benzene rings is 2. The highest BCUT2D eigenvalue weighted by atomic mass is 79.9. The minimum Gasteiger partial charge on any atom is -0.496 e. The maximum atomic E-state index is 12.3. The molecule has 0 unspecified atom stereocenters. The predicted octanol–water partition coefficient (Wildman–Crippen LogP) is 6.30. The van der Waals surface area contributed by atoms with Crippen molar-refractivity contribution in [2.45, 2.75) is 13.5 Å².